The normalized spacial score (nSPS) is 15.8. The van der Waals surface area contributed by atoms with Gasteiger partial charge in [0, 0.05) is 6.04 Å². The Hall–Kier alpha value is -1.06. The molecule has 0 aromatic heterocycles. The molecule has 0 saturated heterocycles. The van der Waals surface area contributed by atoms with Gasteiger partial charge in [-0.1, -0.05) is 20.8 Å². The number of hydrogen-bond donors (Lipinski definition) is 2. The highest BCUT2D eigenvalue weighted by Crippen LogP contribution is 2.18. The fourth-order valence-electron chi connectivity index (χ4n) is 0.667. The second-order valence-corrected chi connectivity index (χ2v) is 4.66. The maximum atomic E-state index is 11.3. The van der Waals surface area contributed by atoms with Crippen LogP contribution in [0.3, 0.4) is 0 Å². The lowest BCUT2D eigenvalue weighted by Crippen LogP contribution is -2.45. The molecule has 0 aliphatic rings. The Bertz CT molecular complexity index is 230. The van der Waals surface area contributed by atoms with Crippen molar-refractivity contribution in [1.82, 2.24) is 5.32 Å². The van der Waals surface area contributed by atoms with Crippen molar-refractivity contribution >= 4 is 11.9 Å². The third-order valence-corrected chi connectivity index (χ3v) is 2.42. The topological polar surface area (TPSA) is 66.4 Å². The molecule has 4 nitrogen and oxygen atoms in total. The summed E-state index contributed by atoms with van der Waals surface area (Å²) < 4.78 is 0. The Balaban J connectivity index is 4.27. The van der Waals surface area contributed by atoms with Crippen LogP contribution < -0.4 is 5.32 Å². The van der Waals surface area contributed by atoms with E-state index in [9.17, 15) is 9.59 Å². The fraction of sp³-hybridized carbons (Fsp3) is 0.800. The van der Waals surface area contributed by atoms with E-state index in [2.05, 4.69) is 5.32 Å². The van der Waals surface area contributed by atoms with Gasteiger partial charge in [-0.05, 0) is 19.3 Å². The van der Waals surface area contributed by atoms with E-state index in [1.54, 1.807) is 0 Å². The van der Waals surface area contributed by atoms with Crippen molar-refractivity contribution in [1.29, 1.82) is 0 Å². The van der Waals surface area contributed by atoms with E-state index in [0.29, 0.717) is 0 Å². The lowest BCUT2D eigenvalue weighted by Gasteiger charge is -2.28. The van der Waals surface area contributed by atoms with Gasteiger partial charge in [-0.15, -0.1) is 0 Å². The number of carbonyl (C=O) groups is 2. The second kappa shape index (κ2) is 4.44. The van der Waals surface area contributed by atoms with Crippen LogP contribution >= 0.6 is 0 Å². The summed E-state index contributed by atoms with van der Waals surface area (Å²) in [5.41, 5.74) is -0.0616. The van der Waals surface area contributed by atoms with Gasteiger partial charge in [0.25, 0.3) is 0 Å². The first-order valence-electron chi connectivity index (χ1n) is 4.69. The van der Waals surface area contributed by atoms with Crippen molar-refractivity contribution in [3.05, 3.63) is 0 Å². The summed E-state index contributed by atoms with van der Waals surface area (Å²) in [7, 11) is 0. The zero-order chi connectivity index (χ0) is 11.5. The highest BCUT2D eigenvalue weighted by Gasteiger charge is 2.26. The highest BCUT2D eigenvalue weighted by molar-refractivity contribution is 5.96. The van der Waals surface area contributed by atoms with E-state index in [1.807, 2.05) is 27.7 Å². The summed E-state index contributed by atoms with van der Waals surface area (Å²) in [4.78, 5) is 21.9. The summed E-state index contributed by atoms with van der Waals surface area (Å²) in [6, 6.07) is -0.0446. The van der Waals surface area contributed by atoms with Crippen LogP contribution in [-0.2, 0) is 9.59 Å². The molecule has 0 aliphatic heterocycles. The Morgan fingerprint density at radius 3 is 1.93 bits per heavy atom. The smallest absolute Gasteiger partial charge is 0.315 e. The molecule has 1 amide bonds. The molecule has 14 heavy (non-hydrogen) atoms. The Morgan fingerprint density at radius 1 is 1.21 bits per heavy atom. The largest absolute Gasteiger partial charge is 0.481 e. The van der Waals surface area contributed by atoms with E-state index in [0.717, 1.165) is 0 Å². The number of aliphatic carboxylic acids is 1. The molecule has 0 rings (SSSR count). The predicted octanol–water partition coefficient (Wildman–Crippen LogP) is 1.26. The fourth-order valence-corrected chi connectivity index (χ4v) is 0.667. The maximum Gasteiger partial charge on any atom is 0.315 e. The Labute approximate surface area is 84.7 Å². The van der Waals surface area contributed by atoms with Crippen LogP contribution in [0.5, 0.6) is 0 Å². The molecule has 0 heterocycles. The van der Waals surface area contributed by atoms with E-state index >= 15 is 0 Å². The van der Waals surface area contributed by atoms with Gasteiger partial charge in [-0.25, -0.2) is 0 Å². The second-order valence-electron chi connectivity index (χ2n) is 4.66. The van der Waals surface area contributed by atoms with Crippen LogP contribution in [0.15, 0.2) is 0 Å². The minimum absolute atomic E-state index is 0.0446. The SMILES string of the molecule is CC(C(=O)O)C(=O)NC(C)C(C)(C)C. The number of carboxylic acid groups (broad SMARTS) is 1. The van der Waals surface area contributed by atoms with Crippen LogP contribution in [0.25, 0.3) is 0 Å². The summed E-state index contributed by atoms with van der Waals surface area (Å²) in [5.74, 6) is -2.51. The van der Waals surface area contributed by atoms with Crippen LogP contribution in [0.2, 0.25) is 0 Å². The van der Waals surface area contributed by atoms with Crippen molar-refractivity contribution in [2.24, 2.45) is 11.3 Å². The summed E-state index contributed by atoms with van der Waals surface area (Å²) in [6.07, 6.45) is 0. The van der Waals surface area contributed by atoms with Crippen molar-refractivity contribution in [2.75, 3.05) is 0 Å². The van der Waals surface area contributed by atoms with Gasteiger partial charge in [-0.3, -0.25) is 9.59 Å². The molecule has 0 fully saturated rings. The number of hydrogen-bond acceptors (Lipinski definition) is 2. The molecule has 0 spiro atoms. The minimum atomic E-state index is -1.09. The molecule has 0 saturated carbocycles. The number of nitrogens with one attached hydrogen (secondary N) is 1. The molecule has 4 heteroatoms. The highest BCUT2D eigenvalue weighted by atomic mass is 16.4. The van der Waals surface area contributed by atoms with Gasteiger partial charge >= 0.3 is 5.97 Å². The van der Waals surface area contributed by atoms with Gasteiger partial charge in [0.1, 0.15) is 5.92 Å². The van der Waals surface area contributed by atoms with Gasteiger partial charge in [0.2, 0.25) is 5.91 Å². The van der Waals surface area contributed by atoms with Crippen LogP contribution in [0.1, 0.15) is 34.6 Å². The van der Waals surface area contributed by atoms with Gasteiger partial charge < -0.3 is 10.4 Å². The molecule has 0 aromatic rings. The molecule has 2 unspecified atom stereocenters. The number of carboxylic acids is 1. The third kappa shape index (κ3) is 3.77. The summed E-state index contributed by atoms with van der Waals surface area (Å²) in [5, 5.41) is 11.3. The molecule has 0 radical (unpaired) electrons. The van der Waals surface area contributed by atoms with Gasteiger partial charge in [0.05, 0.1) is 0 Å². The quantitative estimate of drug-likeness (QED) is 0.675. The van der Waals surface area contributed by atoms with E-state index in [1.165, 1.54) is 6.92 Å². The zero-order valence-corrected chi connectivity index (χ0v) is 9.42. The average molecular weight is 201 g/mol. The Kier molecular flexibility index (Phi) is 4.10. The maximum absolute atomic E-state index is 11.3. The van der Waals surface area contributed by atoms with Crippen molar-refractivity contribution in [3.8, 4) is 0 Å². The molecule has 0 aliphatic carbocycles. The van der Waals surface area contributed by atoms with E-state index in [4.69, 9.17) is 5.11 Å². The first-order chi connectivity index (χ1) is 6.16. The monoisotopic (exact) mass is 201 g/mol. The van der Waals surface area contributed by atoms with Crippen molar-refractivity contribution in [3.63, 3.8) is 0 Å². The molecule has 0 aromatic carbocycles. The first kappa shape index (κ1) is 12.9. The standard InChI is InChI=1S/C10H19NO3/c1-6(9(13)14)8(12)11-7(2)10(3,4)5/h6-7H,1-5H3,(H,11,12)(H,13,14). The summed E-state index contributed by atoms with van der Waals surface area (Å²) in [6.45, 7) is 9.22. The number of carbonyl (C=O) groups excluding carboxylic acids is 1. The van der Waals surface area contributed by atoms with Gasteiger partial charge in [-0.2, -0.15) is 0 Å². The number of amides is 1. The Morgan fingerprint density at radius 2 is 1.64 bits per heavy atom. The minimum Gasteiger partial charge on any atom is -0.481 e. The van der Waals surface area contributed by atoms with Crippen LogP contribution in [0, 0.1) is 11.3 Å². The molecule has 82 valence electrons. The number of rotatable bonds is 3. The molecular formula is C10H19NO3. The molecule has 2 atom stereocenters. The van der Waals surface area contributed by atoms with E-state index in [-0.39, 0.29) is 11.5 Å². The van der Waals surface area contributed by atoms with Crippen molar-refractivity contribution in [2.45, 2.75) is 40.7 Å². The lowest BCUT2D eigenvalue weighted by atomic mass is 9.88. The molecule has 0 bridgehead atoms. The molecule has 2 N–H and O–H groups in total. The first-order valence-corrected chi connectivity index (χ1v) is 4.69. The van der Waals surface area contributed by atoms with E-state index < -0.39 is 17.8 Å². The third-order valence-electron chi connectivity index (χ3n) is 2.42. The van der Waals surface area contributed by atoms with Gasteiger partial charge in [0.15, 0.2) is 0 Å². The average Bonchev–Trinajstić information content (AvgIpc) is 2.00. The van der Waals surface area contributed by atoms with Crippen LogP contribution in [-0.4, -0.2) is 23.0 Å². The molecular weight excluding hydrogens is 182 g/mol. The zero-order valence-electron chi connectivity index (χ0n) is 9.42. The lowest BCUT2D eigenvalue weighted by molar-refractivity contribution is -0.146. The predicted molar refractivity (Wildman–Crippen MR) is 53.9 cm³/mol. The summed E-state index contributed by atoms with van der Waals surface area (Å²) >= 11 is 0. The van der Waals surface area contributed by atoms with Crippen LogP contribution in [0.4, 0.5) is 0 Å². The van der Waals surface area contributed by atoms with Crippen molar-refractivity contribution < 1.29 is 14.7 Å².